The molecule has 6 heteroatoms. The van der Waals surface area contributed by atoms with Gasteiger partial charge in [0.15, 0.2) is 0 Å². The number of thiocarbonyl (C=S) groups is 1. The Bertz CT molecular complexity index is 790. The van der Waals surface area contributed by atoms with Gasteiger partial charge in [0.2, 0.25) is 0 Å². The molecule has 3 aromatic rings. The molecule has 0 amide bonds. The molecule has 2 atom stereocenters. The van der Waals surface area contributed by atoms with Crippen LogP contribution in [-0.4, -0.2) is 13.7 Å². The number of imidazole rings is 1. The third kappa shape index (κ3) is 4.19. The first-order valence-corrected chi connectivity index (χ1v) is 9.38. The van der Waals surface area contributed by atoms with Crippen LogP contribution in [0.2, 0.25) is 5.02 Å². The van der Waals surface area contributed by atoms with Crippen molar-refractivity contribution in [2.45, 2.75) is 10.8 Å². The first-order valence-electron chi connectivity index (χ1n) is 7.28. The van der Waals surface area contributed by atoms with E-state index in [1.54, 1.807) is 24.3 Å². The summed E-state index contributed by atoms with van der Waals surface area (Å²) in [5.41, 5.74) is 1.77. The Morgan fingerprint density at radius 1 is 1.08 bits per heavy atom. The van der Waals surface area contributed by atoms with Gasteiger partial charge in [0, 0.05) is 17.4 Å². The molecule has 3 rings (SSSR count). The molecule has 1 heterocycles. The lowest BCUT2D eigenvalue weighted by molar-refractivity contribution is 0.653. The fourth-order valence-electron chi connectivity index (χ4n) is 2.26. The second-order valence-electron chi connectivity index (χ2n) is 5.13. The van der Waals surface area contributed by atoms with Crippen molar-refractivity contribution < 1.29 is 0 Å². The van der Waals surface area contributed by atoms with Gasteiger partial charge in [-0.05, 0) is 23.3 Å². The van der Waals surface area contributed by atoms with E-state index < -0.39 is 0 Å². The summed E-state index contributed by atoms with van der Waals surface area (Å²) in [7, 11) is 0. The number of benzene rings is 2. The molecule has 1 aromatic heterocycles. The molecule has 0 aliphatic rings. The lowest BCUT2D eigenvalue weighted by atomic mass is 10.1. The lowest BCUT2D eigenvalue weighted by Gasteiger charge is -2.23. The summed E-state index contributed by atoms with van der Waals surface area (Å²) in [4.78, 5) is 4.09. The van der Waals surface area contributed by atoms with Crippen LogP contribution in [0.4, 0.5) is 0 Å². The first-order chi connectivity index (χ1) is 11.6. The third-order valence-corrected chi connectivity index (χ3v) is 6.14. The second-order valence-corrected chi connectivity index (χ2v) is 7.83. The minimum Gasteiger partial charge on any atom is -0.319 e. The summed E-state index contributed by atoms with van der Waals surface area (Å²) >= 11 is 19.9. The Balaban J connectivity index is 1.90. The van der Waals surface area contributed by atoms with Gasteiger partial charge in [-0.25, -0.2) is 4.98 Å². The van der Waals surface area contributed by atoms with Crippen LogP contribution in [0.25, 0.3) is 0 Å². The van der Waals surface area contributed by atoms with Gasteiger partial charge in [0.05, 0.1) is 15.8 Å². The summed E-state index contributed by atoms with van der Waals surface area (Å²) in [6.45, 7) is 0. The van der Waals surface area contributed by atoms with Crippen LogP contribution in [0.15, 0.2) is 73.3 Å². The highest BCUT2D eigenvalue weighted by atomic mass is 35.5. The van der Waals surface area contributed by atoms with Gasteiger partial charge in [-0.3, -0.25) is 0 Å². The molecule has 24 heavy (non-hydrogen) atoms. The van der Waals surface area contributed by atoms with Crippen molar-refractivity contribution in [3.8, 4) is 0 Å². The maximum absolute atomic E-state index is 6.73. The largest absolute Gasteiger partial charge is 0.319 e. The van der Waals surface area contributed by atoms with Gasteiger partial charge in [0.1, 0.15) is 5.50 Å². The zero-order valence-electron chi connectivity index (χ0n) is 12.5. The van der Waals surface area contributed by atoms with Crippen molar-refractivity contribution in [2.75, 3.05) is 0 Å². The van der Waals surface area contributed by atoms with Gasteiger partial charge in [-0.2, -0.15) is 0 Å². The van der Waals surface area contributed by atoms with E-state index in [0.717, 1.165) is 15.3 Å². The van der Waals surface area contributed by atoms with Crippen molar-refractivity contribution in [2.24, 2.45) is 0 Å². The minimum atomic E-state index is -0.319. The van der Waals surface area contributed by atoms with Crippen LogP contribution >= 0.6 is 47.2 Å². The number of aromatic nitrogens is 2. The molecule has 0 N–H and O–H groups in total. The summed E-state index contributed by atoms with van der Waals surface area (Å²) in [6, 6.07) is 17.7. The fourth-order valence-corrected chi connectivity index (χ4v) is 4.30. The predicted octanol–water partition coefficient (Wildman–Crippen LogP) is 6.12. The molecule has 2 aromatic carbocycles. The maximum atomic E-state index is 6.73. The molecule has 0 radical (unpaired) electrons. The van der Waals surface area contributed by atoms with Crippen molar-refractivity contribution in [3.05, 3.63) is 89.5 Å². The summed E-state index contributed by atoms with van der Waals surface area (Å²) in [5, 5.41) is 0.632. The Labute approximate surface area is 160 Å². The quantitative estimate of drug-likeness (QED) is 0.384. The van der Waals surface area contributed by atoms with Crippen LogP contribution in [0.3, 0.4) is 0 Å². The Kier molecular flexibility index (Phi) is 5.95. The van der Waals surface area contributed by atoms with Crippen LogP contribution in [0.5, 0.6) is 0 Å². The van der Waals surface area contributed by atoms with Crippen LogP contribution < -0.4 is 0 Å². The molecule has 0 aliphatic heterocycles. The summed E-state index contributed by atoms with van der Waals surface area (Å²) in [6.07, 6.45) is 5.29. The van der Waals surface area contributed by atoms with E-state index in [1.807, 2.05) is 65.4 Å². The number of nitrogens with zero attached hydrogens (tertiary/aromatic N) is 2. The molecule has 0 fully saturated rings. The number of thioether (sulfide) groups is 1. The zero-order chi connectivity index (χ0) is 16.9. The summed E-state index contributed by atoms with van der Waals surface area (Å²) < 4.78 is 2.68. The molecule has 0 saturated carbocycles. The highest BCUT2D eigenvalue weighted by Gasteiger charge is 2.25. The van der Waals surface area contributed by atoms with Gasteiger partial charge in [-0.15, -0.1) is 11.8 Å². The Hall–Kier alpha value is -1.33. The SMILES string of the molecule is S=C(SC(c1ccc(Cl)cc1)C(Cl)n1ccnc1)c1ccccc1. The normalized spacial score (nSPS) is 13.4. The van der Waals surface area contributed by atoms with E-state index in [4.69, 9.17) is 35.4 Å². The third-order valence-electron chi connectivity index (χ3n) is 3.50. The average molecular weight is 393 g/mol. The zero-order valence-corrected chi connectivity index (χ0v) is 15.7. The number of alkyl halides is 1. The molecule has 0 saturated heterocycles. The molecule has 2 unspecified atom stereocenters. The van der Waals surface area contributed by atoms with Gasteiger partial charge < -0.3 is 4.57 Å². The van der Waals surface area contributed by atoms with Crippen molar-refractivity contribution in [1.82, 2.24) is 9.55 Å². The average Bonchev–Trinajstić information content (AvgIpc) is 3.15. The van der Waals surface area contributed by atoms with E-state index in [9.17, 15) is 0 Å². The smallest absolute Gasteiger partial charge is 0.125 e. The minimum absolute atomic E-state index is 0.0640. The monoisotopic (exact) mass is 392 g/mol. The van der Waals surface area contributed by atoms with Gasteiger partial charge in [0.25, 0.3) is 0 Å². The van der Waals surface area contributed by atoms with Crippen LogP contribution in [-0.2, 0) is 0 Å². The number of hydrogen-bond donors (Lipinski definition) is 0. The molecular formula is C18H14Cl2N2S2. The second kappa shape index (κ2) is 8.17. The fraction of sp³-hybridized carbons (Fsp3) is 0.111. The topological polar surface area (TPSA) is 17.8 Å². The number of rotatable bonds is 5. The molecule has 0 bridgehead atoms. The number of halogens is 2. The van der Waals surface area contributed by atoms with Crippen LogP contribution in [0, 0.1) is 0 Å². The van der Waals surface area contributed by atoms with E-state index in [-0.39, 0.29) is 10.8 Å². The molecule has 2 nitrogen and oxygen atoms in total. The molecule has 0 spiro atoms. The summed E-state index contributed by atoms with van der Waals surface area (Å²) in [5.74, 6) is 0. The standard InChI is InChI=1S/C18H14Cl2N2S2/c19-15-8-6-13(7-9-15)16(17(20)22-11-10-21-12-22)24-18(23)14-4-2-1-3-5-14/h1-12,16-17H. The molecular weight excluding hydrogens is 379 g/mol. The highest BCUT2D eigenvalue weighted by Crippen LogP contribution is 2.43. The van der Waals surface area contributed by atoms with E-state index in [2.05, 4.69) is 4.98 Å². The van der Waals surface area contributed by atoms with Gasteiger partial charge >= 0.3 is 0 Å². The Morgan fingerprint density at radius 2 is 1.79 bits per heavy atom. The van der Waals surface area contributed by atoms with Crippen molar-refractivity contribution in [3.63, 3.8) is 0 Å². The highest BCUT2D eigenvalue weighted by molar-refractivity contribution is 8.23. The van der Waals surface area contributed by atoms with Crippen LogP contribution in [0.1, 0.15) is 21.9 Å². The lowest BCUT2D eigenvalue weighted by Crippen LogP contribution is -2.11. The number of hydrogen-bond acceptors (Lipinski definition) is 3. The van der Waals surface area contributed by atoms with E-state index in [1.165, 1.54) is 0 Å². The molecule has 122 valence electrons. The van der Waals surface area contributed by atoms with Crippen molar-refractivity contribution in [1.29, 1.82) is 0 Å². The molecule has 0 aliphatic carbocycles. The van der Waals surface area contributed by atoms with Gasteiger partial charge in [-0.1, -0.05) is 77.9 Å². The van der Waals surface area contributed by atoms with E-state index >= 15 is 0 Å². The maximum Gasteiger partial charge on any atom is 0.125 e. The van der Waals surface area contributed by atoms with E-state index in [0.29, 0.717) is 5.02 Å². The van der Waals surface area contributed by atoms with Crippen molar-refractivity contribution >= 4 is 51.4 Å². The first kappa shape index (κ1) is 17.5. The predicted molar refractivity (Wildman–Crippen MR) is 107 cm³/mol. The Morgan fingerprint density at radius 3 is 2.42 bits per heavy atom.